The Labute approximate surface area is 296 Å². The van der Waals surface area contributed by atoms with Gasteiger partial charge in [0.2, 0.25) is 12.7 Å². The average Bonchev–Trinajstić information content (AvgIpc) is 3.70. The number of imidazole rings is 2. The van der Waals surface area contributed by atoms with Crippen molar-refractivity contribution in [2.75, 3.05) is 0 Å². The Bertz CT molecular complexity index is 1630. The van der Waals surface area contributed by atoms with E-state index < -0.39 is 0 Å². The van der Waals surface area contributed by atoms with E-state index >= 15 is 0 Å². The molecule has 6 rings (SSSR count). The molecule has 2 aromatic heterocycles. The maximum Gasteiger partial charge on any atom is 0.244 e. The van der Waals surface area contributed by atoms with Crippen LogP contribution in [0.2, 0.25) is 0 Å². The summed E-state index contributed by atoms with van der Waals surface area (Å²) in [5.41, 5.74) is 2.71. The molecule has 0 saturated heterocycles. The second kappa shape index (κ2) is 18.8. The lowest BCUT2D eigenvalue weighted by Gasteiger charge is -2.03. The van der Waals surface area contributed by atoms with Crippen molar-refractivity contribution in [3.05, 3.63) is 133 Å². The van der Waals surface area contributed by atoms with Gasteiger partial charge in [0.1, 0.15) is 37.9 Å². The van der Waals surface area contributed by atoms with Crippen LogP contribution < -0.4 is 43.1 Å². The topological polar surface area (TPSA) is 17.6 Å². The predicted octanol–water partition coefficient (Wildman–Crippen LogP) is 2.88. The number of nitrogens with zero attached hydrogens (tertiary/aromatic N) is 4. The van der Waals surface area contributed by atoms with E-state index in [9.17, 15) is 0 Å². The smallest absolute Gasteiger partial charge is 0.244 e. The van der Waals surface area contributed by atoms with Gasteiger partial charge in [0.15, 0.2) is 0 Å². The van der Waals surface area contributed by atoms with E-state index in [0.717, 1.165) is 26.2 Å². The molecule has 4 nitrogen and oxygen atoms in total. The Morgan fingerprint density at radius 3 is 1.20 bits per heavy atom. The zero-order valence-electron chi connectivity index (χ0n) is 27.0. The van der Waals surface area contributed by atoms with E-state index in [2.05, 4.69) is 141 Å². The maximum atomic E-state index is 2.35. The fourth-order valence-corrected chi connectivity index (χ4v) is 6.43. The van der Waals surface area contributed by atoms with Gasteiger partial charge in [0.25, 0.3) is 0 Å². The summed E-state index contributed by atoms with van der Waals surface area (Å²) in [7, 11) is 0. The second-order valence-electron chi connectivity index (χ2n) is 12.5. The fourth-order valence-electron chi connectivity index (χ4n) is 6.43. The van der Waals surface area contributed by atoms with E-state index in [-0.39, 0.29) is 34.0 Å². The summed E-state index contributed by atoms with van der Waals surface area (Å²) in [5, 5.41) is 5.26. The third kappa shape index (κ3) is 10.7. The van der Waals surface area contributed by atoms with Crippen molar-refractivity contribution in [3.8, 4) is 0 Å². The molecule has 242 valence electrons. The predicted molar refractivity (Wildman–Crippen MR) is 182 cm³/mol. The van der Waals surface area contributed by atoms with Crippen molar-refractivity contribution in [2.45, 2.75) is 90.4 Å². The third-order valence-electron chi connectivity index (χ3n) is 8.93. The SMILES string of the molecule is [Br-].[Br-].c1ccc2cc(C[n+]3ccn(CCCCCCCCCCCCn4cc[n+](Cc5ccc6ccccc6c5)c4)c3)ccc2c1. The number of halogens is 2. The molecular weight excluding hydrogens is 696 g/mol. The number of benzene rings is 4. The number of fused-ring (bicyclic) bond motifs is 2. The molecule has 0 unspecified atom stereocenters. The third-order valence-corrected chi connectivity index (χ3v) is 8.93. The van der Waals surface area contributed by atoms with Gasteiger partial charge in [-0.25, -0.2) is 18.3 Å². The molecule has 2 heterocycles. The van der Waals surface area contributed by atoms with Crippen molar-refractivity contribution in [3.63, 3.8) is 0 Å². The number of unbranched alkanes of at least 4 members (excludes halogenated alkanes) is 9. The molecule has 4 aromatic carbocycles. The van der Waals surface area contributed by atoms with Crippen LogP contribution in [0.5, 0.6) is 0 Å². The van der Waals surface area contributed by atoms with Crippen LogP contribution in [0.1, 0.15) is 75.3 Å². The Kier molecular flexibility index (Phi) is 14.6. The molecule has 0 aliphatic carbocycles. The first-order chi connectivity index (χ1) is 21.8. The molecule has 0 fully saturated rings. The lowest BCUT2D eigenvalue weighted by molar-refractivity contribution is -0.688. The molecule has 0 N–H and O–H groups in total. The lowest BCUT2D eigenvalue weighted by Crippen LogP contribution is -3.00. The van der Waals surface area contributed by atoms with Crippen molar-refractivity contribution in [1.82, 2.24) is 9.13 Å². The molecular formula is C40H48Br2N4. The minimum absolute atomic E-state index is 0. The summed E-state index contributed by atoms with van der Waals surface area (Å²) in [6, 6.07) is 30.8. The van der Waals surface area contributed by atoms with Gasteiger partial charge in [0, 0.05) is 0 Å². The van der Waals surface area contributed by atoms with Crippen LogP contribution in [-0.2, 0) is 26.2 Å². The normalized spacial score (nSPS) is 11.0. The van der Waals surface area contributed by atoms with Gasteiger partial charge in [-0.15, -0.1) is 0 Å². The molecule has 6 heteroatoms. The summed E-state index contributed by atoms with van der Waals surface area (Å²) in [5.74, 6) is 0. The Hall–Kier alpha value is -3.22. The van der Waals surface area contributed by atoms with Crippen LogP contribution in [0.25, 0.3) is 21.5 Å². The summed E-state index contributed by atoms with van der Waals surface area (Å²) in [6.07, 6.45) is 26.9. The van der Waals surface area contributed by atoms with Gasteiger partial charge in [0.05, 0.1) is 13.1 Å². The van der Waals surface area contributed by atoms with E-state index in [0.29, 0.717) is 0 Å². The van der Waals surface area contributed by atoms with Gasteiger partial charge >= 0.3 is 0 Å². The van der Waals surface area contributed by atoms with Crippen LogP contribution in [0.3, 0.4) is 0 Å². The van der Waals surface area contributed by atoms with E-state index in [4.69, 9.17) is 0 Å². The molecule has 46 heavy (non-hydrogen) atoms. The fraction of sp³-hybridized carbons (Fsp3) is 0.350. The van der Waals surface area contributed by atoms with Crippen LogP contribution in [0.4, 0.5) is 0 Å². The molecule has 0 radical (unpaired) electrons. The van der Waals surface area contributed by atoms with E-state index in [1.54, 1.807) is 0 Å². The summed E-state index contributed by atoms with van der Waals surface area (Å²) in [4.78, 5) is 0. The summed E-state index contributed by atoms with van der Waals surface area (Å²) >= 11 is 0. The Balaban J connectivity index is 0.00000240. The van der Waals surface area contributed by atoms with Crippen LogP contribution in [-0.4, -0.2) is 9.13 Å². The van der Waals surface area contributed by atoms with Crippen molar-refractivity contribution in [1.29, 1.82) is 0 Å². The lowest BCUT2D eigenvalue weighted by atomic mass is 10.1. The van der Waals surface area contributed by atoms with Gasteiger partial charge in [-0.1, -0.05) is 111 Å². The van der Waals surface area contributed by atoms with Crippen molar-refractivity contribution >= 4 is 21.5 Å². The molecule has 6 aromatic rings. The van der Waals surface area contributed by atoms with E-state index in [1.807, 2.05) is 0 Å². The van der Waals surface area contributed by atoms with Crippen LogP contribution in [0, 0.1) is 0 Å². The van der Waals surface area contributed by atoms with Crippen molar-refractivity contribution < 1.29 is 43.1 Å². The molecule has 0 atom stereocenters. The zero-order chi connectivity index (χ0) is 29.8. The van der Waals surface area contributed by atoms with Gasteiger partial charge in [-0.2, -0.15) is 0 Å². The minimum Gasteiger partial charge on any atom is -1.00 e. The summed E-state index contributed by atoms with van der Waals surface area (Å²) < 4.78 is 9.29. The highest BCUT2D eigenvalue weighted by atomic mass is 79.9. The minimum atomic E-state index is 0. The molecule has 0 aliphatic heterocycles. The highest BCUT2D eigenvalue weighted by Gasteiger charge is 2.07. The highest BCUT2D eigenvalue weighted by molar-refractivity contribution is 5.83. The summed E-state index contributed by atoms with van der Waals surface area (Å²) in [6.45, 7) is 4.10. The Morgan fingerprint density at radius 2 is 0.783 bits per heavy atom. The quantitative estimate of drug-likeness (QED) is 0.101. The first-order valence-electron chi connectivity index (χ1n) is 16.8. The number of aromatic nitrogens is 4. The largest absolute Gasteiger partial charge is 1.00 e. The van der Waals surface area contributed by atoms with Gasteiger partial charge < -0.3 is 34.0 Å². The molecule has 0 spiro atoms. The maximum absolute atomic E-state index is 2.35. The molecule has 0 saturated carbocycles. The second-order valence-corrected chi connectivity index (χ2v) is 12.5. The zero-order valence-corrected chi connectivity index (χ0v) is 30.2. The monoisotopic (exact) mass is 742 g/mol. The van der Waals surface area contributed by atoms with Gasteiger partial charge in [-0.3, -0.25) is 0 Å². The number of hydrogen-bond acceptors (Lipinski definition) is 0. The van der Waals surface area contributed by atoms with E-state index in [1.165, 1.54) is 96.9 Å². The molecule has 0 amide bonds. The first-order valence-corrected chi connectivity index (χ1v) is 16.8. The molecule has 0 aliphatic rings. The number of aryl methyl sites for hydroxylation is 2. The first kappa shape index (κ1) is 35.6. The highest BCUT2D eigenvalue weighted by Crippen LogP contribution is 2.17. The van der Waals surface area contributed by atoms with Crippen LogP contribution >= 0.6 is 0 Å². The van der Waals surface area contributed by atoms with Crippen LogP contribution in [0.15, 0.2) is 122 Å². The van der Waals surface area contributed by atoms with Crippen molar-refractivity contribution in [2.24, 2.45) is 0 Å². The molecule has 0 bridgehead atoms. The average molecular weight is 745 g/mol. The number of hydrogen-bond donors (Lipinski definition) is 0. The van der Waals surface area contributed by atoms with Gasteiger partial charge in [-0.05, 0) is 70.5 Å². The number of rotatable bonds is 17. The standard InChI is InChI=1S/C40H48N4.2BrH/c1(3-5-7-13-23-41-25-27-43(33-41)31-35-19-21-37-15-9-11-17-39(37)29-35)2-4-6-8-14-24-42-26-28-44(34-42)32-36-20-22-38-16-10-12-18-40(38)30-36;;/h9-12,15-22,25-30,33-34H,1-8,13-14,23-24,31-32H2;2*1H/q+2;;/p-2. The Morgan fingerprint density at radius 1 is 0.413 bits per heavy atom.